The fourth-order valence-corrected chi connectivity index (χ4v) is 2.87. The summed E-state index contributed by atoms with van der Waals surface area (Å²) in [5.41, 5.74) is 2.33. The molecule has 1 N–H and O–H groups in total. The van der Waals surface area contributed by atoms with Gasteiger partial charge >= 0.3 is 0 Å². The highest BCUT2D eigenvalue weighted by Gasteiger charge is 2.13. The zero-order valence-electron chi connectivity index (χ0n) is 12.4. The van der Waals surface area contributed by atoms with Crippen LogP contribution in [0.25, 0.3) is 0 Å². The van der Waals surface area contributed by atoms with Crippen molar-refractivity contribution >= 4 is 17.6 Å². The van der Waals surface area contributed by atoms with Gasteiger partial charge in [0, 0.05) is 18.3 Å². The fourth-order valence-electron chi connectivity index (χ4n) is 1.97. The Morgan fingerprint density at radius 1 is 1.17 bits per heavy atom. The van der Waals surface area contributed by atoms with Crippen molar-refractivity contribution < 1.29 is 0 Å². The summed E-state index contributed by atoms with van der Waals surface area (Å²) in [6, 6.07) is 0. The third-order valence-corrected chi connectivity index (χ3v) is 4.04. The first-order valence-corrected chi connectivity index (χ1v) is 7.74. The van der Waals surface area contributed by atoms with Gasteiger partial charge in [0.25, 0.3) is 0 Å². The Labute approximate surface area is 115 Å². The van der Waals surface area contributed by atoms with Crippen LogP contribution in [-0.2, 0) is 5.75 Å². The van der Waals surface area contributed by atoms with Gasteiger partial charge in [-0.2, -0.15) is 11.8 Å². The fraction of sp³-hybridized carbons (Fsp3) is 0.714. The van der Waals surface area contributed by atoms with Crippen LogP contribution in [0.2, 0.25) is 0 Å². The number of aryl methyl sites for hydroxylation is 1. The first-order valence-electron chi connectivity index (χ1n) is 6.58. The molecule has 0 aliphatic heterocycles. The maximum atomic E-state index is 4.63. The van der Waals surface area contributed by atoms with Crippen molar-refractivity contribution in [3.63, 3.8) is 0 Å². The predicted molar refractivity (Wildman–Crippen MR) is 81.4 cm³/mol. The van der Waals surface area contributed by atoms with E-state index < -0.39 is 0 Å². The van der Waals surface area contributed by atoms with Crippen molar-refractivity contribution in [1.82, 2.24) is 9.97 Å². The van der Waals surface area contributed by atoms with Gasteiger partial charge in [0.1, 0.15) is 11.6 Å². The summed E-state index contributed by atoms with van der Waals surface area (Å²) in [6.45, 7) is 10.9. The molecule has 0 saturated carbocycles. The van der Waals surface area contributed by atoms with Crippen LogP contribution in [0.15, 0.2) is 0 Å². The van der Waals surface area contributed by atoms with E-state index in [4.69, 9.17) is 0 Å². The zero-order chi connectivity index (χ0) is 13.7. The number of aromatic nitrogens is 2. The van der Waals surface area contributed by atoms with E-state index in [1.54, 1.807) is 0 Å². The van der Waals surface area contributed by atoms with Gasteiger partial charge in [-0.25, -0.2) is 9.97 Å². The second-order valence-corrected chi connectivity index (χ2v) is 6.33. The number of nitrogens with one attached hydrogen (secondary N) is 1. The van der Waals surface area contributed by atoms with Gasteiger partial charge in [-0.15, -0.1) is 0 Å². The maximum Gasteiger partial charge on any atom is 0.140 e. The molecule has 0 fully saturated rings. The molecular formula is C14H25N3S. The van der Waals surface area contributed by atoms with Gasteiger partial charge < -0.3 is 5.32 Å². The van der Waals surface area contributed by atoms with Gasteiger partial charge in [0.15, 0.2) is 0 Å². The van der Waals surface area contributed by atoms with Crippen LogP contribution >= 0.6 is 11.8 Å². The molecule has 0 unspecified atom stereocenters. The monoisotopic (exact) mass is 267 g/mol. The largest absolute Gasteiger partial charge is 0.373 e. The van der Waals surface area contributed by atoms with Crippen LogP contribution < -0.4 is 5.32 Å². The minimum atomic E-state index is 0.449. The molecule has 0 aliphatic carbocycles. The first-order chi connectivity index (χ1) is 8.45. The molecule has 1 aromatic heterocycles. The van der Waals surface area contributed by atoms with Crippen LogP contribution in [0.3, 0.4) is 0 Å². The van der Waals surface area contributed by atoms with E-state index in [-0.39, 0.29) is 0 Å². The molecular weight excluding hydrogens is 242 g/mol. The molecule has 0 radical (unpaired) electrons. The van der Waals surface area contributed by atoms with Gasteiger partial charge in [-0.3, -0.25) is 0 Å². The van der Waals surface area contributed by atoms with E-state index >= 15 is 0 Å². The van der Waals surface area contributed by atoms with Crippen molar-refractivity contribution in [3.05, 3.63) is 17.1 Å². The minimum Gasteiger partial charge on any atom is -0.373 e. The van der Waals surface area contributed by atoms with Crippen molar-refractivity contribution in [2.24, 2.45) is 5.92 Å². The number of rotatable bonds is 6. The summed E-state index contributed by atoms with van der Waals surface area (Å²) in [5, 5.41) is 3.20. The highest BCUT2D eigenvalue weighted by atomic mass is 32.2. The standard InChI is InChI=1S/C14H25N3S/c1-9(2)7-18-8-12-16-11(5)13(10(3)4)14(15-6)17-12/h9-10H,7-8H2,1-6H3,(H,15,16,17). The number of hydrogen-bond donors (Lipinski definition) is 1. The summed E-state index contributed by atoms with van der Waals surface area (Å²) >= 11 is 1.90. The Morgan fingerprint density at radius 3 is 2.33 bits per heavy atom. The Hall–Kier alpha value is -0.770. The van der Waals surface area contributed by atoms with Crippen molar-refractivity contribution in [2.45, 2.75) is 46.3 Å². The molecule has 0 amide bonds. The molecule has 1 rings (SSSR count). The minimum absolute atomic E-state index is 0.449. The third kappa shape index (κ3) is 4.16. The Bertz CT molecular complexity index is 389. The van der Waals surface area contributed by atoms with Gasteiger partial charge in [0.05, 0.1) is 5.75 Å². The van der Waals surface area contributed by atoms with E-state index in [2.05, 4.69) is 49.9 Å². The van der Waals surface area contributed by atoms with Crippen LogP contribution in [-0.4, -0.2) is 22.8 Å². The van der Waals surface area contributed by atoms with E-state index in [9.17, 15) is 0 Å². The average Bonchev–Trinajstić information content (AvgIpc) is 2.26. The SMILES string of the molecule is CNc1nc(CSCC(C)C)nc(C)c1C(C)C. The Morgan fingerprint density at radius 2 is 1.83 bits per heavy atom. The quantitative estimate of drug-likeness (QED) is 0.850. The van der Waals surface area contributed by atoms with Crippen molar-refractivity contribution in [1.29, 1.82) is 0 Å². The second-order valence-electron chi connectivity index (χ2n) is 5.30. The summed E-state index contributed by atoms with van der Waals surface area (Å²) in [5.74, 6) is 5.14. The van der Waals surface area contributed by atoms with E-state index in [0.717, 1.165) is 34.8 Å². The van der Waals surface area contributed by atoms with E-state index in [1.807, 2.05) is 18.8 Å². The van der Waals surface area contributed by atoms with Crippen LogP contribution in [0.4, 0.5) is 5.82 Å². The molecule has 0 saturated heterocycles. The highest BCUT2D eigenvalue weighted by Crippen LogP contribution is 2.25. The van der Waals surface area contributed by atoms with Crippen LogP contribution in [0.1, 0.15) is 50.7 Å². The zero-order valence-corrected chi connectivity index (χ0v) is 13.2. The molecule has 0 atom stereocenters. The lowest BCUT2D eigenvalue weighted by Gasteiger charge is -2.15. The lowest BCUT2D eigenvalue weighted by atomic mass is 10.0. The predicted octanol–water partition coefficient (Wildman–Crippen LogP) is 3.84. The van der Waals surface area contributed by atoms with Crippen LogP contribution in [0.5, 0.6) is 0 Å². The maximum absolute atomic E-state index is 4.63. The topological polar surface area (TPSA) is 37.8 Å². The first kappa shape index (κ1) is 15.3. The molecule has 3 nitrogen and oxygen atoms in total. The van der Waals surface area contributed by atoms with Gasteiger partial charge in [-0.1, -0.05) is 27.7 Å². The van der Waals surface area contributed by atoms with Crippen molar-refractivity contribution in [2.75, 3.05) is 18.1 Å². The Balaban J connectivity index is 2.86. The third-order valence-electron chi connectivity index (χ3n) is 2.68. The summed E-state index contributed by atoms with van der Waals surface area (Å²) in [6.07, 6.45) is 0. The highest BCUT2D eigenvalue weighted by molar-refractivity contribution is 7.98. The summed E-state index contributed by atoms with van der Waals surface area (Å²) in [7, 11) is 1.93. The molecule has 18 heavy (non-hydrogen) atoms. The molecule has 1 heterocycles. The summed E-state index contributed by atoms with van der Waals surface area (Å²) in [4.78, 5) is 9.25. The van der Waals surface area contributed by atoms with E-state index in [0.29, 0.717) is 5.92 Å². The van der Waals surface area contributed by atoms with Crippen LogP contribution in [0, 0.1) is 12.8 Å². The number of anilines is 1. The lowest BCUT2D eigenvalue weighted by Crippen LogP contribution is -2.08. The smallest absolute Gasteiger partial charge is 0.140 e. The molecule has 0 bridgehead atoms. The Kier molecular flexibility index (Phi) is 5.93. The van der Waals surface area contributed by atoms with Gasteiger partial charge in [0.2, 0.25) is 0 Å². The van der Waals surface area contributed by atoms with Gasteiger partial charge in [-0.05, 0) is 24.5 Å². The number of thioether (sulfide) groups is 1. The molecule has 0 spiro atoms. The molecule has 4 heteroatoms. The molecule has 1 aromatic rings. The van der Waals surface area contributed by atoms with E-state index in [1.165, 1.54) is 5.56 Å². The van der Waals surface area contributed by atoms with Crippen molar-refractivity contribution in [3.8, 4) is 0 Å². The molecule has 0 aliphatic rings. The normalized spacial score (nSPS) is 11.3. The molecule has 0 aromatic carbocycles. The second kappa shape index (κ2) is 6.98. The molecule has 102 valence electrons. The average molecular weight is 267 g/mol. The summed E-state index contributed by atoms with van der Waals surface area (Å²) < 4.78 is 0. The lowest BCUT2D eigenvalue weighted by molar-refractivity contribution is 0.749. The number of hydrogen-bond acceptors (Lipinski definition) is 4. The number of nitrogens with zero attached hydrogens (tertiary/aromatic N) is 2.